The van der Waals surface area contributed by atoms with Crippen LogP contribution in [0, 0.1) is 13.8 Å². The van der Waals surface area contributed by atoms with E-state index in [4.69, 9.17) is 20.8 Å². The van der Waals surface area contributed by atoms with Crippen LogP contribution in [0.3, 0.4) is 0 Å². The number of hydrogen-bond donors (Lipinski definition) is 1. The second-order valence-electron chi connectivity index (χ2n) is 7.40. The first kappa shape index (κ1) is 22.2. The summed E-state index contributed by atoms with van der Waals surface area (Å²) in [6, 6.07) is 6.65. The van der Waals surface area contributed by atoms with E-state index in [1.807, 2.05) is 6.92 Å². The summed E-state index contributed by atoms with van der Waals surface area (Å²) >= 11 is 9.33. The topological polar surface area (TPSA) is 93.8 Å². The van der Waals surface area contributed by atoms with Crippen LogP contribution in [0.2, 0.25) is 5.02 Å². The van der Waals surface area contributed by atoms with Crippen molar-refractivity contribution < 1.29 is 18.7 Å². The maximum atomic E-state index is 12.8. The van der Waals surface area contributed by atoms with Crippen molar-refractivity contribution >= 4 is 45.1 Å². The third-order valence-corrected chi connectivity index (χ3v) is 5.97. The number of carbonyl (C=O) groups excluding carboxylic acids is 2. The molecule has 2 aromatic heterocycles. The van der Waals surface area contributed by atoms with Crippen LogP contribution < -0.4 is 10.2 Å². The van der Waals surface area contributed by atoms with Gasteiger partial charge in [0.05, 0.1) is 11.3 Å². The molecule has 3 aromatic rings. The molecule has 1 amide bonds. The lowest BCUT2D eigenvalue weighted by atomic mass is 9.93. The molecule has 1 aromatic carbocycles. The van der Waals surface area contributed by atoms with E-state index in [-0.39, 0.29) is 11.7 Å². The lowest BCUT2D eigenvalue weighted by Gasteiger charge is -2.13. The number of benzene rings is 1. The van der Waals surface area contributed by atoms with Crippen LogP contribution in [0.5, 0.6) is 5.75 Å². The maximum absolute atomic E-state index is 12.8. The number of esters is 1. The van der Waals surface area contributed by atoms with Crippen molar-refractivity contribution in [2.75, 3.05) is 0 Å². The van der Waals surface area contributed by atoms with Crippen molar-refractivity contribution in [2.45, 2.75) is 33.1 Å². The number of aromatic nitrogens is 1. The summed E-state index contributed by atoms with van der Waals surface area (Å²) in [6.45, 7) is 3.62. The number of hydrazone groups is 1. The van der Waals surface area contributed by atoms with Crippen LogP contribution in [-0.2, 0) is 6.42 Å². The molecular weight excluding hydrogens is 498 g/mol. The molecule has 164 valence electrons. The number of fused-ring (bicyclic) bond motifs is 1. The second-order valence-corrected chi connectivity index (χ2v) is 8.72. The van der Waals surface area contributed by atoms with Gasteiger partial charge in [0, 0.05) is 39.4 Å². The molecule has 0 aliphatic heterocycles. The Bertz CT molecular complexity index is 1250. The van der Waals surface area contributed by atoms with Gasteiger partial charge >= 0.3 is 5.97 Å². The smallest absolute Gasteiger partial charge is 0.379 e. The van der Waals surface area contributed by atoms with Gasteiger partial charge in [0.2, 0.25) is 5.76 Å². The van der Waals surface area contributed by atoms with Gasteiger partial charge in [-0.15, -0.1) is 0 Å². The lowest BCUT2D eigenvalue weighted by molar-refractivity contribution is 0.0698. The molecule has 0 spiro atoms. The van der Waals surface area contributed by atoms with Gasteiger partial charge in [0.25, 0.3) is 5.91 Å². The van der Waals surface area contributed by atoms with Crippen LogP contribution in [0.25, 0.3) is 0 Å². The monoisotopic (exact) mass is 515 g/mol. The summed E-state index contributed by atoms with van der Waals surface area (Å²) in [4.78, 5) is 29.2. The Morgan fingerprint density at radius 1 is 1.22 bits per heavy atom. The highest BCUT2D eigenvalue weighted by Crippen LogP contribution is 2.31. The van der Waals surface area contributed by atoms with Crippen molar-refractivity contribution in [3.63, 3.8) is 0 Å². The van der Waals surface area contributed by atoms with Gasteiger partial charge in [-0.2, -0.15) is 5.10 Å². The van der Waals surface area contributed by atoms with E-state index in [0.29, 0.717) is 50.7 Å². The maximum Gasteiger partial charge on any atom is 0.379 e. The van der Waals surface area contributed by atoms with Gasteiger partial charge in [-0.1, -0.05) is 11.6 Å². The van der Waals surface area contributed by atoms with Crippen molar-refractivity contribution in [3.05, 3.63) is 79.9 Å². The second kappa shape index (κ2) is 9.26. The highest BCUT2D eigenvalue weighted by atomic mass is 79.9. The SMILES string of the molecule is Cc1cc(OC(=O)c2oc3c(c2C)/C(=N/NC(=O)c2cncc(Br)c2)CCC3)ccc1Cl. The van der Waals surface area contributed by atoms with Gasteiger partial charge < -0.3 is 9.15 Å². The molecule has 0 fully saturated rings. The van der Waals surface area contributed by atoms with E-state index in [1.165, 1.54) is 6.20 Å². The molecule has 1 aliphatic rings. The van der Waals surface area contributed by atoms with Gasteiger partial charge in [-0.3, -0.25) is 9.78 Å². The van der Waals surface area contributed by atoms with Crippen LogP contribution in [0.4, 0.5) is 0 Å². The van der Waals surface area contributed by atoms with E-state index in [9.17, 15) is 9.59 Å². The zero-order chi connectivity index (χ0) is 22.8. The molecule has 4 rings (SSSR count). The Morgan fingerprint density at radius 3 is 2.78 bits per heavy atom. The first-order valence-electron chi connectivity index (χ1n) is 9.92. The number of nitrogens with zero attached hydrogens (tertiary/aromatic N) is 2. The zero-order valence-corrected chi connectivity index (χ0v) is 19.7. The van der Waals surface area contributed by atoms with Crippen LogP contribution in [0.15, 0.2) is 50.7 Å². The van der Waals surface area contributed by atoms with E-state index in [2.05, 4.69) is 31.4 Å². The van der Waals surface area contributed by atoms with Gasteiger partial charge in [0.1, 0.15) is 11.5 Å². The minimum Gasteiger partial charge on any atom is -0.453 e. The summed E-state index contributed by atoms with van der Waals surface area (Å²) in [5.74, 6) is 0.193. The zero-order valence-electron chi connectivity index (χ0n) is 17.4. The number of carbonyl (C=O) groups is 2. The Hall–Kier alpha value is -2.97. The van der Waals surface area contributed by atoms with Crippen molar-refractivity contribution in [2.24, 2.45) is 5.10 Å². The van der Waals surface area contributed by atoms with E-state index in [0.717, 1.165) is 17.5 Å². The Kier molecular flexibility index (Phi) is 6.43. The van der Waals surface area contributed by atoms with Gasteiger partial charge in [0.15, 0.2) is 0 Å². The average Bonchev–Trinajstić information content (AvgIpc) is 3.12. The molecule has 0 bridgehead atoms. The highest BCUT2D eigenvalue weighted by Gasteiger charge is 2.29. The number of furan rings is 1. The molecule has 0 atom stereocenters. The number of pyridine rings is 1. The molecule has 0 radical (unpaired) electrons. The Balaban J connectivity index is 1.57. The summed E-state index contributed by atoms with van der Waals surface area (Å²) in [6.07, 6.45) is 5.17. The van der Waals surface area contributed by atoms with E-state index in [1.54, 1.807) is 37.4 Å². The normalized spacial score (nSPS) is 14.2. The third kappa shape index (κ3) is 4.61. The summed E-state index contributed by atoms with van der Waals surface area (Å²) in [5, 5.41) is 4.91. The number of nitrogens with one attached hydrogen (secondary N) is 1. The third-order valence-electron chi connectivity index (χ3n) is 5.11. The number of amides is 1. The fraction of sp³-hybridized carbons (Fsp3) is 0.217. The standard InChI is InChI=1S/C23H19BrClN3O4/c1-12-8-16(6-7-17(12)25)31-23(30)21-13(2)20-18(4-3-5-19(20)32-21)27-28-22(29)14-9-15(24)11-26-10-14/h6-11H,3-5H2,1-2H3,(H,28,29)/b27-18+. The number of rotatable bonds is 4. The van der Waals surface area contributed by atoms with Gasteiger partial charge in [-0.25, -0.2) is 10.2 Å². The lowest BCUT2D eigenvalue weighted by Crippen LogP contribution is -2.22. The van der Waals surface area contributed by atoms with Crippen LogP contribution in [-0.4, -0.2) is 22.6 Å². The molecule has 7 nitrogen and oxygen atoms in total. The van der Waals surface area contributed by atoms with Crippen molar-refractivity contribution in [1.82, 2.24) is 10.4 Å². The largest absolute Gasteiger partial charge is 0.453 e. The fourth-order valence-corrected chi connectivity index (χ4v) is 4.01. The molecule has 32 heavy (non-hydrogen) atoms. The molecule has 9 heteroatoms. The summed E-state index contributed by atoms with van der Waals surface area (Å²) < 4.78 is 12.0. The van der Waals surface area contributed by atoms with E-state index < -0.39 is 5.97 Å². The molecule has 0 saturated heterocycles. The summed E-state index contributed by atoms with van der Waals surface area (Å²) in [5.41, 5.74) is 5.78. The number of halogens is 2. The Morgan fingerprint density at radius 2 is 2.03 bits per heavy atom. The average molecular weight is 517 g/mol. The molecule has 0 saturated carbocycles. The quantitative estimate of drug-likeness (QED) is 0.285. The number of aryl methyl sites for hydroxylation is 2. The minimum atomic E-state index is -0.595. The number of ether oxygens (including phenoxy) is 1. The minimum absolute atomic E-state index is 0.125. The fourth-order valence-electron chi connectivity index (χ4n) is 3.53. The van der Waals surface area contributed by atoms with Crippen LogP contribution in [0.1, 0.15) is 56.2 Å². The molecule has 2 heterocycles. The van der Waals surface area contributed by atoms with Crippen molar-refractivity contribution in [3.8, 4) is 5.75 Å². The van der Waals surface area contributed by atoms with Gasteiger partial charge in [-0.05, 0) is 72.4 Å². The highest BCUT2D eigenvalue weighted by molar-refractivity contribution is 9.10. The molecule has 1 aliphatic carbocycles. The van der Waals surface area contributed by atoms with Crippen molar-refractivity contribution in [1.29, 1.82) is 0 Å². The first-order valence-corrected chi connectivity index (χ1v) is 11.1. The first-order chi connectivity index (χ1) is 15.3. The predicted octanol–water partition coefficient (Wildman–Crippen LogP) is 5.40. The molecular formula is C23H19BrClN3O4. The molecule has 0 unspecified atom stereocenters. The van der Waals surface area contributed by atoms with E-state index >= 15 is 0 Å². The predicted molar refractivity (Wildman–Crippen MR) is 123 cm³/mol. The van der Waals surface area contributed by atoms with Crippen LogP contribution >= 0.6 is 27.5 Å². The summed E-state index contributed by atoms with van der Waals surface area (Å²) in [7, 11) is 0. The number of hydrogen-bond acceptors (Lipinski definition) is 6. The Labute approximate surface area is 197 Å². The molecule has 1 N–H and O–H groups in total.